The third-order valence-corrected chi connectivity index (χ3v) is 7.09. The zero-order valence-corrected chi connectivity index (χ0v) is 20.1. The third-order valence-electron chi connectivity index (χ3n) is 6.76. The summed E-state index contributed by atoms with van der Waals surface area (Å²) in [6, 6.07) is 17.7. The monoisotopic (exact) mass is 497 g/mol. The van der Waals surface area contributed by atoms with Crippen LogP contribution < -0.4 is 4.74 Å². The maximum Gasteiger partial charge on any atom is 0.129 e. The highest BCUT2D eigenvalue weighted by Crippen LogP contribution is 2.42. The van der Waals surface area contributed by atoms with Crippen LogP contribution in [0.15, 0.2) is 60.7 Å². The fraction of sp³-hybridized carbons (Fsp3) is 0.310. The van der Waals surface area contributed by atoms with E-state index in [0.29, 0.717) is 35.4 Å². The third kappa shape index (κ3) is 5.12. The minimum Gasteiger partial charge on any atom is -0.488 e. The van der Waals surface area contributed by atoms with Crippen molar-refractivity contribution in [3.63, 3.8) is 0 Å². The number of fused-ring (bicyclic) bond motifs is 1. The Bertz CT molecular complexity index is 1240. The molecule has 5 rings (SSSR count). The van der Waals surface area contributed by atoms with Crippen LogP contribution in [0.1, 0.15) is 41.5 Å². The van der Waals surface area contributed by atoms with Crippen molar-refractivity contribution in [1.82, 2.24) is 4.90 Å². The van der Waals surface area contributed by atoms with Gasteiger partial charge >= 0.3 is 0 Å². The summed E-state index contributed by atoms with van der Waals surface area (Å²) in [6.07, 6.45) is 2.60. The molecule has 0 bridgehead atoms. The van der Waals surface area contributed by atoms with E-state index in [1.807, 2.05) is 48.5 Å². The van der Waals surface area contributed by atoms with Crippen LogP contribution in [0.5, 0.6) is 5.75 Å². The number of hydrogen-bond donors (Lipinski definition) is 0. The molecule has 182 valence electrons. The van der Waals surface area contributed by atoms with Crippen LogP contribution in [0.4, 0.5) is 13.2 Å². The van der Waals surface area contributed by atoms with E-state index in [1.54, 1.807) is 0 Å². The molecular formula is C29H27ClF3NO. The molecule has 1 heterocycles. The van der Waals surface area contributed by atoms with Crippen LogP contribution >= 0.6 is 11.6 Å². The van der Waals surface area contributed by atoms with Crippen LogP contribution in [-0.4, -0.2) is 37.3 Å². The first-order valence-electron chi connectivity index (χ1n) is 12.0. The normalized spacial score (nSPS) is 16.6. The Hall–Kier alpha value is -2.76. The number of allylic oxidation sites excluding steroid dienone is 1. The minimum absolute atomic E-state index is 0.0835. The van der Waals surface area contributed by atoms with Gasteiger partial charge in [-0.1, -0.05) is 41.9 Å². The predicted molar refractivity (Wildman–Crippen MR) is 135 cm³/mol. The lowest BCUT2D eigenvalue weighted by atomic mass is 9.87. The summed E-state index contributed by atoms with van der Waals surface area (Å²) in [7, 11) is 0. The van der Waals surface area contributed by atoms with E-state index in [0.717, 1.165) is 60.1 Å². The molecule has 6 heteroatoms. The quantitative estimate of drug-likeness (QED) is 0.338. The largest absolute Gasteiger partial charge is 0.488 e. The molecule has 0 amide bonds. The fourth-order valence-electron chi connectivity index (χ4n) is 5.07. The molecule has 0 saturated carbocycles. The molecule has 1 aliphatic carbocycles. The van der Waals surface area contributed by atoms with Crippen LogP contribution in [0.2, 0.25) is 5.02 Å². The maximum atomic E-state index is 14.8. The summed E-state index contributed by atoms with van der Waals surface area (Å²) >= 11 is 6.57. The van der Waals surface area contributed by atoms with Gasteiger partial charge in [-0.3, -0.25) is 9.29 Å². The van der Waals surface area contributed by atoms with Gasteiger partial charge in [0.05, 0.1) is 6.67 Å². The number of benzene rings is 3. The van der Waals surface area contributed by atoms with Crippen LogP contribution in [0.25, 0.3) is 11.1 Å². The zero-order chi connectivity index (χ0) is 24.4. The predicted octanol–water partition coefficient (Wildman–Crippen LogP) is 7.34. The standard InChI is InChI=1S/C29H27ClF3NO/c30-27-8-2-1-5-23(27)25-7-3-6-24-26(15-20(32)16-28(24)33)29(25)19-9-11-21(12-10-19)35-22-17-34(18-22)14-4-13-31/h1-2,5,8-12,15-16,22H,3-4,6-7,13-14,17-18H2. The number of halogens is 4. The molecule has 3 aromatic rings. The summed E-state index contributed by atoms with van der Waals surface area (Å²) in [6.45, 7) is 2.03. The molecule has 2 nitrogen and oxygen atoms in total. The van der Waals surface area contributed by atoms with Gasteiger partial charge in [0, 0.05) is 30.7 Å². The first kappa shape index (κ1) is 24.0. The number of alkyl halides is 1. The fourth-order valence-corrected chi connectivity index (χ4v) is 5.32. The lowest BCUT2D eigenvalue weighted by Crippen LogP contribution is -2.53. The molecule has 2 aliphatic rings. The zero-order valence-electron chi connectivity index (χ0n) is 19.4. The van der Waals surface area contributed by atoms with E-state index in [4.69, 9.17) is 16.3 Å². The summed E-state index contributed by atoms with van der Waals surface area (Å²) < 4.78 is 47.7. The summed E-state index contributed by atoms with van der Waals surface area (Å²) in [5, 5.41) is 0.613. The SMILES string of the molecule is FCCCN1CC(Oc2ccc(C3=C(c4ccccc4Cl)CCCc4c(F)cc(F)cc43)cc2)C1. The molecule has 0 N–H and O–H groups in total. The Morgan fingerprint density at radius 1 is 0.943 bits per heavy atom. The van der Waals surface area contributed by atoms with Crippen LogP contribution in [-0.2, 0) is 6.42 Å². The van der Waals surface area contributed by atoms with Crippen molar-refractivity contribution in [2.75, 3.05) is 26.3 Å². The van der Waals surface area contributed by atoms with Crippen molar-refractivity contribution in [3.8, 4) is 5.75 Å². The topological polar surface area (TPSA) is 12.5 Å². The number of ether oxygens (including phenoxy) is 1. The Morgan fingerprint density at radius 3 is 2.46 bits per heavy atom. The van der Waals surface area contributed by atoms with Gasteiger partial charge in [0.1, 0.15) is 23.5 Å². The van der Waals surface area contributed by atoms with Crippen molar-refractivity contribution in [2.45, 2.75) is 31.8 Å². The summed E-state index contributed by atoms with van der Waals surface area (Å²) in [4.78, 5) is 2.17. The van der Waals surface area contributed by atoms with Gasteiger partial charge in [-0.05, 0) is 83.3 Å². The van der Waals surface area contributed by atoms with Gasteiger partial charge in [-0.15, -0.1) is 0 Å². The highest BCUT2D eigenvalue weighted by atomic mass is 35.5. The van der Waals surface area contributed by atoms with Crippen LogP contribution in [0.3, 0.4) is 0 Å². The molecule has 0 atom stereocenters. The molecule has 1 saturated heterocycles. The van der Waals surface area contributed by atoms with E-state index in [9.17, 15) is 13.2 Å². The van der Waals surface area contributed by atoms with Gasteiger partial charge in [0.15, 0.2) is 0 Å². The van der Waals surface area contributed by atoms with E-state index in [1.165, 1.54) is 6.07 Å². The molecule has 1 aliphatic heterocycles. The first-order chi connectivity index (χ1) is 17.0. The maximum absolute atomic E-state index is 14.8. The smallest absolute Gasteiger partial charge is 0.129 e. The molecule has 0 aromatic heterocycles. The lowest BCUT2D eigenvalue weighted by Gasteiger charge is -2.38. The second kappa shape index (κ2) is 10.5. The Balaban J connectivity index is 1.51. The molecule has 35 heavy (non-hydrogen) atoms. The summed E-state index contributed by atoms with van der Waals surface area (Å²) in [5.74, 6) is -0.371. The van der Waals surface area contributed by atoms with Crippen molar-refractivity contribution >= 4 is 22.7 Å². The lowest BCUT2D eigenvalue weighted by molar-refractivity contribution is 0.0184. The second-order valence-corrected chi connectivity index (χ2v) is 9.57. The average Bonchev–Trinajstić information content (AvgIpc) is 3.01. The highest BCUT2D eigenvalue weighted by molar-refractivity contribution is 6.32. The van der Waals surface area contributed by atoms with Crippen molar-refractivity contribution in [1.29, 1.82) is 0 Å². The minimum atomic E-state index is -0.596. The molecule has 0 radical (unpaired) electrons. The molecule has 1 fully saturated rings. The molecule has 0 spiro atoms. The molecular weight excluding hydrogens is 471 g/mol. The van der Waals surface area contributed by atoms with Crippen molar-refractivity contribution < 1.29 is 17.9 Å². The van der Waals surface area contributed by atoms with Gasteiger partial charge in [0.25, 0.3) is 0 Å². The highest BCUT2D eigenvalue weighted by Gasteiger charge is 2.28. The number of nitrogens with zero attached hydrogens (tertiary/aromatic N) is 1. The molecule has 3 aromatic carbocycles. The number of rotatable bonds is 7. The van der Waals surface area contributed by atoms with E-state index in [-0.39, 0.29) is 12.8 Å². The Labute approximate surface area is 209 Å². The average molecular weight is 498 g/mol. The van der Waals surface area contributed by atoms with Gasteiger partial charge < -0.3 is 4.74 Å². The van der Waals surface area contributed by atoms with E-state index in [2.05, 4.69) is 4.90 Å². The Morgan fingerprint density at radius 2 is 1.71 bits per heavy atom. The first-order valence-corrected chi connectivity index (χ1v) is 12.4. The Kier molecular flexibility index (Phi) is 7.17. The molecule has 0 unspecified atom stereocenters. The van der Waals surface area contributed by atoms with Gasteiger partial charge in [0.2, 0.25) is 0 Å². The van der Waals surface area contributed by atoms with E-state index >= 15 is 0 Å². The number of likely N-dealkylation sites (tertiary alicyclic amines) is 1. The summed E-state index contributed by atoms with van der Waals surface area (Å²) in [5.41, 5.74) is 4.63. The van der Waals surface area contributed by atoms with Gasteiger partial charge in [-0.25, -0.2) is 8.78 Å². The van der Waals surface area contributed by atoms with Crippen molar-refractivity contribution in [3.05, 3.63) is 99.6 Å². The van der Waals surface area contributed by atoms with E-state index < -0.39 is 11.6 Å². The van der Waals surface area contributed by atoms with Crippen molar-refractivity contribution in [2.24, 2.45) is 0 Å². The number of hydrogen-bond acceptors (Lipinski definition) is 2. The van der Waals surface area contributed by atoms with Crippen LogP contribution in [0, 0.1) is 11.6 Å². The second-order valence-electron chi connectivity index (χ2n) is 9.17. The van der Waals surface area contributed by atoms with Gasteiger partial charge in [-0.2, -0.15) is 0 Å².